The van der Waals surface area contributed by atoms with Gasteiger partial charge in [0, 0.05) is 39.3 Å². The fourth-order valence-corrected chi connectivity index (χ4v) is 1.77. The summed E-state index contributed by atoms with van der Waals surface area (Å²) in [5.41, 5.74) is 1.06. The van der Waals surface area contributed by atoms with Crippen molar-refractivity contribution in [2.75, 3.05) is 34.0 Å². The largest absolute Gasteiger partial charge is 0.454 e. The van der Waals surface area contributed by atoms with Crippen molar-refractivity contribution in [3.63, 3.8) is 0 Å². The van der Waals surface area contributed by atoms with Gasteiger partial charge in [-0.3, -0.25) is 0 Å². The van der Waals surface area contributed by atoms with Crippen LogP contribution in [0.25, 0.3) is 0 Å². The number of nitrogens with one attached hydrogen (secondary N) is 2. The molecule has 2 N–H and O–H groups in total. The topological polar surface area (TPSA) is 62.8 Å². The number of hydrogen-bond donors (Lipinski definition) is 2. The van der Waals surface area contributed by atoms with E-state index in [9.17, 15) is 4.79 Å². The van der Waals surface area contributed by atoms with E-state index in [1.54, 1.807) is 14.1 Å². The third-order valence-corrected chi connectivity index (χ3v) is 2.78. The number of hydrogen-bond acceptors (Lipinski definition) is 4. The van der Waals surface area contributed by atoms with Crippen molar-refractivity contribution < 1.29 is 14.3 Å². The molecule has 1 aromatic carbocycles. The first-order chi connectivity index (χ1) is 9.18. The SMILES string of the molecule is CN(C)C(=O)NCCNCc1cccc2c1OCO2. The standard InChI is InChI=1S/C13H19N3O3/c1-16(2)13(17)15-7-6-14-8-10-4-3-5-11-12(10)19-9-18-11/h3-5,14H,6-9H2,1-2H3,(H,15,17). The highest BCUT2D eigenvalue weighted by atomic mass is 16.7. The molecule has 0 unspecified atom stereocenters. The summed E-state index contributed by atoms with van der Waals surface area (Å²) in [5.74, 6) is 1.60. The number of rotatable bonds is 5. The van der Waals surface area contributed by atoms with Crippen LogP contribution in [0.1, 0.15) is 5.56 Å². The van der Waals surface area contributed by atoms with Crippen LogP contribution in [-0.2, 0) is 6.54 Å². The molecule has 0 fully saturated rings. The van der Waals surface area contributed by atoms with Gasteiger partial charge >= 0.3 is 6.03 Å². The maximum absolute atomic E-state index is 11.3. The van der Waals surface area contributed by atoms with Gasteiger partial charge in [0.15, 0.2) is 11.5 Å². The van der Waals surface area contributed by atoms with Crippen LogP contribution in [0, 0.1) is 0 Å². The lowest BCUT2D eigenvalue weighted by atomic mass is 10.2. The van der Waals surface area contributed by atoms with Gasteiger partial charge in [0.25, 0.3) is 0 Å². The minimum atomic E-state index is -0.0841. The molecule has 1 heterocycles. The molecule has 104 valence electrons. The second-order valence-corrected chi connectivity index (χ2v) is 4.45. The van der Waals surface area contributed by atoms with Crippen molar-refractivity contribution >= 4 is 6.03 Å². The fraction of sp³-hybridized carbons (Fsp3) is 0.462. The highest BCUT2D eigenvalue weighted by molar-refractivity contribution is 5.73. The van der Waals surface area contributed by atoms with E-state index in [1.807, 2.05) is 18.2 Å². The summed E-state index contributed by atoms with van der Waals surface area (Å²) in [6.07, 6.45) is 0. The predicted octanol–water partition coefficient (Wildman–Crippen LogP) is 0.776. The molecule has 0 bridgehead atoms. The Balaban J connectivity index is 1.72. The van der Waals surface area contributed by atoms with Gasteiger partial charge in [0.1, 0.15) is 0 Å². The number of benzene rings is 1. The molecule has 6 nitrogen and oxygen atoms in total. The van der Waals surface area contributed by atoms with Crippen molar-refractivity contribution in [3.05, 3.63) is 23.8 Å². The molecule has 6 heteroatoms. The molecule has 0 radical (unpaired) electrons. The fourth-order valence-electron chi connectivity index (χ4n) is 1.77. The summed E-state index contributed by atoms with van der Waals surface area (Å²) >= 11 is 0. The number of para-hydroxylation sites is 1. The van der Waals surface area contributed by atoms with E-state index >= 15 is 0 Å². The number of carbonyl (C=O) groups is 1. The summed E-state index contributed by atoms with van der Waals surface area (Å²) < 4.78 is 10.7. The molecule has 19 heavy (non-hydrogen) atoms. The summed E-state index contributed by atoms with van der Waals surface area (Å²) in [6, 6.07) is 5.75. The highest BCUT2D eigenvalue weighted by Crippen LogP contribution is 2.34. The van der Waals surface area contributed by atoms with Gasteiger partial charge in [0.2, 0.25) is 6.79 Å². The Morgan fingerprint density at radius 2 is 2.16 bits per heavy atom. The minimum absolute atomic E-state index is 0.0841. The van der Waals surface area contributed by atoms with Gasteiger partial charge in [-0.25, -0.2) is 4.79 Å². The van der Waals surface area contributed by atoms with E-state index in [1.165, 1.54) is 4.90 Å². The summed E-state index contributed by atoms with van der Waals surface area (Å²) in [6.45, 7) is 2.25. The average Bonchev–Trinajstić information content (AvgIpc) is 2.87. The summed E-state index contributed by atoms with van der Waals surface area (Å²) in [5, 5.41) is 6.05. The van der Waals surface area contributed by atoms with Crippen molar-refractivity contribution in [3.8, 4) is 11.5 Å². The lowest BCUT2D eigenvalue weighted by Crippen LogP contribution is -2.38. The number of ether oxygens (including phenoxy) is 2. The minimum Gasteiger partial charge on any atom is -0.454 e. The number of amides is 2. The number of urea groups is 1. The van der Waals surface area contributed by atoms with Crippen LogP contribution in [0.15, 0.2) is 18.2 Å². The second-order valence-electron chi connectivity index (χ2n) is 4.45. The second kappa shape index (κ2) is 6.29. The smallest absolute Gasteiger partial charge is 0.316 e. The monoisotopic (exact) mass is 265 g/mol. The summed E-state index contributed by atoms with van der Waals surface area (Å²) in [7, 11) is 3.43. The Hall–Kier alpha value is -1.95. The molecule has 1 aliphatic heterocycles. The molecular weight excluding hydrogens is 246 g/mol. The maximum atomic E-state index is 11.3. The molecule has 2 rings (SSSR count). The molecule has 2 amide bonds. The van der Waals surface area contributed by atoms with Crippen molar-refractivity contribution in [2.24, 2.45) is 0 Å². The van der Waals surface area contributed by atoms with Crippen LogP contribution in [0.2, 0.25) is 0 Å². The first-order valence-corrected chi connectivity index (χ1v) is 6.22. The Kier molecular flexibility index (Phi) is 4.46. The van der Waals surface area contributed by atoms with E-state index in [0.717, 1.165) is 17.1 Å². The molecule has 0 saturated carbocycles. The molecule has 1 aromatic rings. The van der Waals surface area contributed by atoms with E-state index in [4.69, 9.17) is 9.47 Å². The molecule has 0 saturated heterocycles. The molecule has 0 spiro atoms. The van der Waals surface area contributed by atoms with Gasteiger partial charge < -0.3 is 25.0 Å². The first-order valence-electron chi connectivity index (χ1n) is 6.22. The van der Waals surface area contributed by atoms with Crippen LogP contribution in [0.4, 0.5) is 4.79 Å². The van der Waals surface area contributed by atoms with E-state index in [0.29, 0.717) is 19.6 Å². The Morgan fingerprint density at radius 1 is 1.32 bits per heavy atom. The third kappa shape index (κ3) is 3.51. The summed E-state index contributed by atoms with van der Waals surface area (Å²) in [4.78, 5) is 12.8. The number of carbonyl (C=O) groups excluding carboxylic acids is 1. The Morgan fingerprint density at radius 3 is 2.95 bits per heavy atom. The lowest BCUT2D eigenvalue weighted by molar-refractivity contribution is 0.173. The van der Waals surface area contributed by atoms with E-state index < -0.39 is 0 Å². The quantitative estimate of drug-likeness (QED) is 0.772. The Bertz CT molecular complexity index is 449. The molecule has 0 atom stereocenters. The third-order valence-electron chi connectivity index (χ3n) is 2.78. The van der Waals surface area contributed by atoms with Gasteiger partial charge in [-0.2, -0.15) is 0 Å². The van der Waals surface area contributed by atoms with Crippen LogP contribution >= 0.6 is 0 Å². The highest BCUT2D eigenvalue weighted by Gasteiger charge is 2.16. The Labute approximate surface area is 112 Å². The maximum Gasteiger partial charge on any atom is 0.316 e. The van der Waals surface area contributed by atoms with Crippen LogP contribution < -0.4 is 20.1 Å². The predicted molar refractivity (Wildman–Crippen MR) is 71.4 cm³/mol. The number of fused-ring (bicyclic) bond motifs is 1. The van der Waals surface area contributed by atoms with Crippen molar-refractivity contribution in [2.45, 2.75) is 6.54 Å². The zero-order valence-electron chi connectivity index (χ0n) is 11.2. The molecule has 0 aliphatic carbocycles. The van der Waals surface area contributed by atoms with Crippen LogP contribution in [0.5, 0.6) is 11.5 Å². The van der Waals surface area contributed by atoms with E-state index in [2.05, 4.69) is 10.6 Å². The van der Waals surface area contributed by atoms with Gasteiger partial charge in [-0.1, -0.05) is 12.1 Å². The van der Waals surface area contributed by atoms with Gasteiger partial charge in [-0.05, 0) is 6.07 Å². The normalized spacial score (nSPS) is 12.3. The molecule has 1 aliphatic rings. The van der Waals surface area contributed by atoms with E-state index in [-0.39, 0.29) is 12.8 Å². The zero-order valence-corrected chi connectivity index (χ0v) is 11.2. The van der Waals surface area contributed by atoms with Crippen molar-refractivity contribution in [1.29, 1.82) is 0 Å². The molecular formula is C13H19N3O3. The van der Waals surface area contributed by atoms with Crippen LogP contribution in [0.3, 0.4) is 0 Å². The van der Waals surface area contributed by atoms with Crippen LogP contribution in [-0.4, -0.2) is 44.9 Å². The lowest BCUT2D eigenvalue weighted by Gasteiger charge is -2.12. The van der Waals surface area contributed by atoms with Gasteiger partial charge in [0.05, 0.1) is 0 Å². The van der Waals surface area contributed by atoms with Crippen molar-refractivity contribution in [1.82, 2.24) is 15.5 Å². The first kappa shape index (κ1) is 13.5. The zero-order chi connectivity index (χ0) is 13.7. The molecule has 0 aromatic heterocycles. The van der Waals surface area contributed by atoms with Gasteiger partial charge in [-0.15, -0.1) is 0 Å². The number of nitrogens with zero attached hydrogens (tertiary/aromatic N) is 1. The average molecular weight is 265 g/mol.